The van der Waals surface area contributed by atoms with Gasteiger partial charge in [-0.1, -0.05) is 0 Å². The van der Waals surface area contributed by atoms with Gasteiger partial charge in [0.2, 0.25) is 0 Å². The van der Waals surface area contributed by atoms with Gasteiger partial charge in [0, 0.05) is 6.20 Å². The molecule has 0 aliphatic carbocycles. The number of aldehydes is 1. The van der Waals surface area contributed by atoms with Crippen molar-refractivity contribution < 1.29 is 4.79 Å². The minimum Gasteiger partial charge on any atom is -0.296 e. The van der Waals surface area contributed by atoms with Crippen molar-refractivity contribution in [3.63, 3.8) is 0 Å². The number of pyridine rings is 1. The summed E-state index contributed by atoms with van der Waals surface area (Å²) in [5.41, 5.74) is 3.02. The fourth-order valence-corrected chi connectivity index (χ4v) is 1.63. The van der Waals surface area contributed by atoms with Crippen molar-refractivity contribution in [3.05, 3.63) is 23.5 Å². The number of carbonyl (C=O) groups is 1. The Morgan fingerprint density at radius 3 is 3.18 bits per heavy atom. The largest absolute Gasteiger partial charge is 0.296 e. The molecule has 2 rings (SSSR count). The fourth-order valence-electron chi connectivity index (χ4n) is 0.896. The highest BCUT2D eigenvalue weighted by molar-refractivity contribution is 7.17. The van der Waals surface area contributed by atoms with Crippen LogP contribution in [-0.4, -0.2) is 16.3 Å². The van der Waals surface area contributed by atoms with E-state index < -0.39 is 0 Å². The van der Waals surface area contributed by atoms with E-state index in [2.05, 4.69) is 9.97 Å². The van der Waals surface area contributed by atoms with E-state index in [1.165, 1.54) is 11.3 Å². The molecule has 2 aromatic rings. The molecule has 4 heteroatoms. The zero-order chi connectivity index (χ0) is 7.68. The molecule has 0 radical (unpaired) electrons. The third-order valence-corrected chi connectivity index (χ3v) is 2.25. The molecule has 3 nitrogen and oxygen atoms in total. The number of carbonyl (C=O) groups excluding carboxylic acids is 1. The predicted octanol–water partition coefficient (Wildman–Crippen LogP) is 1.50. The first-order valence-electron chi connectivity index (χ1n) is 3.05. The molecule has 2 aromatic heterocycles. The molecule has 2 heterocycles. The van der Waals surface area contributed by atoms with E-state index in [1.54, 1.807) is 17.8 Å². The Kier molecular flexibility index (Phi) is 1.40. The molecule has 0 aliphatic rings. The molecule has 0 amide bonds. The highest BCUT2D eigenvalue weighted by Gasteiger charge is 2.01. The number of fused-ring (bicyclic) bond motifs is 1. The minimum absolute atomic E-state index is 0.477. The summed E-state index contributed by atoms with van der Waals surface area (Å²) in [6, 6.07) is 1.79. The van der Waals surface area contributed by atoms with Gasteiger partial charge in [-0.15, -0.1) is 11.3 Å². The second-order valence-electron chi connectivity index (χ2n) is 2.01. The summed E-state index contributed by atoms with van der Waals surface area (Å²) in [4.78, 5) is 18.4. The van der Waals surface area contributed by atoms with Crippen LogP contribution in [0.4, 0.5) is 0 Å². The van der Waals surface area contributed by atoms with Gasteiger partial charge in [-0.2, -0.15) is 0 Å². The number of hydrogen-bond donors (Lipinski definition) is 0. The molecule has 0 aliphatic heterocycles. The lowest BCUT2D eigenvalue weighted by Crippen LogP contribution is -1.84. The molecule has 0 aromatic carbocycles. The molecule has 0 saturated carbocycles. The van der Waals surface area contributed by atoms with Crippen molar-refractivity contribution in [1.29, 1.82) is 0 Å². The van der Waals surface area contributed by atoms with Crippen molar-refractivity contribution in [2.75, 3.05) is 0 Å². The normalized spacial score (nSPS) is 10.2. The molecule has 0 spiro atoms. The number of aromatic nitrogens is 2. The van der Waals surface area contributed by atoms with E-state index in [4.69, 9.17) is 0 Å². The van der Waals surface area contributed by atoms with Gasteiger partial charge in [-0.05, 0) is 6.07 Å². The Bertz CT molecular complexity index is 396. The average molecular weight is 164 g/mol. The number of nitrogens with zero attached hydrogens (tertiary/aromatic N) is 2. The van der Waals surface area contributed by atoms with E-state index in [-0.39, 0.29) is 0 Å². The Labute approximate surface area is 66.7 Å². The monoisotopic (exact) mass is 164 g/mol. The van der Waals surface area contributed by atoms with E-state index >= 15 is 0 Å². The van der Waals surface area contributed by atoms with Crippen LogP contribution in [0.2, 0.25) is 0 Å². The Morgan fingerprint density at radius 2 is 2.36 bits per heavy atom. The van der Waals surface area contributed by atoms with Crippen molar-refractivity contribution in [1.82, 2.24) is 9.97 Å². The Balaban J connectivity index is 2.88. The standard InChI is InChI=1S/C7H4N2OS/c10-3-6-7-5(1-2-8-6)9-4-11-7/h1-4H. The van der Waals surface area contributed by atoms with Crippen LogP contribution >= 0.6 is 11.3 Å². The van der Waals surface area contributed by atoms with Crippen molar-refractivity contribution in [2.45, 2.75) is 0 Å². The van der Waals surface area contributed by atoms with Crippen LogP contribution in [0.25, 0.3) is 10.2 Å². The Morgan fingerprint density at radius 1 is 1.45 bits per heavy atom. The first kappa shape index (κ1) is 6.42. The third kappa shape index (κ3) is 0.914. The van der Waals surface area contributed by atoms with E-state index in [1.807, 2.05) is 0 Å². The maximum atomic E-state index is 10.4. The summed E-state index contributed by atoms with van der Waals surface area (Å²) >= 11 is 1.43. The second-order valence-corrected chi connectivity index (χ2v) is 2.87. The van der Waals surface area contributed by atoms with Crippen LogP contribution in [0, 0.1) is 0 Å². The molecule has 0 N–H and O–H groups in total. The Hall–Kier alpha value is -1.29. The lowest BCUT2D eigenvalue weighted by atomic mass is 10.3. The topological polar surface area (TPSA) is 42.9 Å². The number of thiazole rings is 1. The van der Waals surface area contributed by atoms with Gasteiger partial charge in [-0.3, -0.25) is 9.78 Å². The summed E-state index contributed by atoms with van der Waals surface area (Å²) in [5.74, 6) is 0. The summed E-state index contributed by atoms with van der Waals surface area (Å²) < 4.78 is 0.863. The number of rotatable bonds is 1. The lowest BCUT2D eigenvalue weighted by Gasteiger charge is -1.88. The van der Waals surface area contributed by atoms with Crippen LogP contribution in [0.15, 0.2) is 17.8 Å². The molecule has 0 fully saturated rings. The molecule has 54 valence electrons. The molecule has 0 saturated heterocycles. The van der Waals surface area contributed by atoms with Crippen molar-refractivity contribution in [3.8, 4) is 0 Å². The molecular formula is C7H4N2OS. The van der Waals surface area contributed by atoms with Crippen LogP contribution in [0.1, 0.15) is 10.5 Å². The molecular weight excluding hydrogens is 160 g/mol. The third-order valence-electron chi connectivity index (χ3n) is 1.39. The first-order valence-corrected chi connectivity index (χ1v) is 3.93. The van der Waals surface area contributed by atoms with Crippen molar-refractivity contribution in [2.24, 2.45) is 0 Å². The fraction of sp³-hybridized carbons (Fsp3) is 0. The van der Waals surface area contributed by atoms with Crippen LogP contribution in [0.3, 0.4) is 0 Å². The maximum absolute atomic E-state index is 10.4. The van der Waals surface area contributed by atoms with E-state index in [9.17, 15) is 4.79 Å². The van der Waals surface area contributed by atoms with Gasteiger partial charge in [-0.25, -0.2) is 4.98 Å². The van der Waals surface area contributed by atoms with Crippen LogP contribution in [0.5, 0.6) is 0 Å². The number of hydrogen-bond acceptors (Lipinski definition) is 4. The molecule has 11 heavy (non-hydrogen) atoms. The quantitative estimate of drug-likeness (QED) is 0.600. The zero-order valence-electron chi connectivity index (χ0n) is 5.52. The van der Waals surface area contributed by atoms with Gasteiger partial charge < -0.3 is 0 Å². The molecule has 0 bridgehead atoms. The van der Waals surface area contributed by atoms with Gasteiger partial charge in [0.25, 0.3) is 0 Å². The van der Waals surface area contributed by atoms with E-state index in [0.29, 0.717) is 5.69 Å². The predicted molar refractivity (Wildman–Crippen MR) is 42.8 cm³/mol. The average Bonchev–Trinajstić information content (AvgIpc) is 2.50. The van der Waals surface area contributed by atoms with Crippen molar-refractivity contribution >= 4 is 27.8 Å². The summed E-state index contributed by atoms with van der Waals surface area (Å²) in [5, 5.41) is 0. The van der Waals surface area contributed by atoms with Gasteiger partial charge in [0.15, 0.2) is 6.29 Å². The summed E-state index contributed by atoms with van der Waals surface area (Å²) in [6.07, 6.45) is 2.34. The summed E-state index contributed by atoms with van der Waals surface area (Å²) in [6.45, 7) is 0. The van der Waals surface area contributed by atoms with Crippen LogP contribution < -0.4 is 0 Å². The second kappa shape index (κ2) is 2.39. The zero-order valence-corrected chi connectivity index (χ0v) is 6.34. The summed E-state index contributed by atoms with van der Waals surface area (Å²) in [7, 11) is 0. The SMILES string of the molecule is O=Cc1nccc2ncsc12. The highest BCUT2D eigenvalue weighted by Crippen LogP contribution is 2.18. The molecule has 0 atom stereocenters. The van der Waals surface area contributed by atoms with Gasteiger partial charge in [0.1, 0.15) is 5.69 Å². The highest BCUT2D eigenvalue weighted by atomic mass is 32.1. The lowest BCUT2D eigenvalue weighted by molar-refractivity contribution is 0.112. The minimum atomic E-state index is 0.477. The van der Waals surface area contributed by atoms with Gasteiger partial charge >= 0.3 is 0 Å². The van der Waals surface area contributed by atoms with Gasteiger partial charge in [0.05, 0.1) is 15.7 Å². The smallest absolute Gasteiger partial charge is 0.169 e. The van der Waals surface area contributed by atoms with E-state index in [0.717, 1.165) is 16.5 Å². The first-order chi connectivity index (χ1) is 5.42. The maximum Gasteiger partial charge on any atom is 0.169 e. The molecule has 0 unspecified atom stereocenters. The van der Waals surface area contributed by atoms with Crippen LogP contribution in [-0.2, 0) is 0 Å².